The molecule has 1 fully saturated rings. The number of nitrogens with zero attached hydrogens (tertiary/aromatic N) is 3. The van der Waals surface area contributed by atoms with Gasteiger partial charge in [-0.2, -0.15) is 5.26 Å². The molecule has 3 aromatic carbocycles. The summed E-state index contributed by atoms with van der Waals surface area (Å²) in [5.41, 5.74) is 6.34. The van der Waals surface area contributed by atoms with E-state index in [1.807, 2.05) is 49.5 Å². The quantitative estimate of drug-likeness (QED) is 0.130. The number of aromatic nitrogens is 1. The van der Waals surface area contributed by atoms with Crippen LogP contribution in [0.15, 0.2) is 67.0 Å². The summed E-state index contributed by atoms with van der Waals surface area (Å²) in [7, 11) is 2.01. The van der Waals surface area contributed by atoms with Crippen molar-refractivity contribution in [1.29, 1.82) is 5.26 Å². The van der Waals surface area contributed by atoms with Crippen LogP contribution in [0.5, 0.6) is 23.0 Å². The smallest absolute Gasteiger partial charge is 0.251 e. The lowest BCUT2D eigenvalue weighted by Gasteiger charge is -2.21. The Morgan fingerprint density at radius 3 is 2.67 bits per heavy atom. The highest BCUT2D eigenvalue weighted by Gasteiger charge is 2.30. The molecule has 1 unspecified atom stereocenters. The Bertz CT molecular complexity index is 1820. The summed E-state index contributed by atoms with van der Waals surface area (Å²) in [4.78, 5) is 18.1. The SMILES string of the molecule is Cc1c(COc2cc(OCc3cncc(C#N)c3)c(CN(C)CCCNC(=O)C3CO3)cc2Cl)cccc1-c1ccc2c(c1)OCCO2. The Morgan fingerprint density at radius 2 is 1.85 bits per heavy atom. The van der Waals surface area contributed by atoms with Gasteiger partial charge in [0.25, 0.3) is 5.91 Å². The van der Waals surface area contributed by atoms with Gasteiger partial charge in [0.2, 0.25) is 0 Å². The number of ether oxygens (including phenoxy) is 5. The van der Waals surface area contributed by atoms with E-state index in [-0.39, 0.29) is 18.6 Å². The van der Waals surface area contributed by atoms with Crippen LogP contribution in [0.25, 0.3) is 11.1 Å². The van der Waals surface area contributed by atoms with Gasteiger partial charge >= 0.3 is 0 Å². The Labute approximate surface area is 285 Å². The average molecular weight is 669 g/mol. The minimum absolute atomic E-state index is 0.0594. The molecule has 6 rings (SSSR count). The summed E-state index contributed by atoms with van der Waals surface area (Å²) >= 11 is 6.81. The molecule has 1 N–H and O–H groups in total. The summed E-state index contributed by atoms with van der Waals surface area (Å²) in [6, 6.07) is 19.7. The van der Waals surface area contributed by atoms with Crippen molar-refractivity contribution < 1.29 is 28.5 Å². The molecule has 4 aromatic rings. The number of carbonyl (C=O) groups is 1. The molecular formula is C37H37ClN4O6. The van der Waals surface area contributed by atoms with Crippen molar-refractivity contribution in [2.45, 2.75) is 39.2 Å². The molecule has 0 saturated carbocycles. The van der Waals surface area contributed by atoms with Gasteiger partial charge < -0.3 is 33.9 Å². The van der Waals surface area contributed by atoms with Crippen LogP contribution in [0.1, 0.15) is 34.2 Å². The maximum absolute atomic E-state index is 11.9. The highest BCUT2D eigenvalue weighted by atomic mass is 35.5. The summed E-state index contributed by atoms with van der Waals surface area (Å²) in [6.07, 6.45) is 3.68. The lowest BCUT2D eigenvalue weighted by molar-refractivity contribution is -0.122. The van der Waals surface area contributed by atoms with Crippen LogP contribution < -0.4 is 24.3 Å². The summed E-state index contributed by atoms with van der Waals surface area (Å²) < 4.78 is 29.2. The van der Waals surface area contributed by atoms with E-state index < -0.39 is 0 Å². The molecule has 1 atom stereocenters. The fourth-order valence-electron chi connectivity index (χ4n) is 5.50. The van der Waals surface area contributed by atoms with Crippen LogP contribution in [-0.4, -0.2) is 61.9 Å². The third kappa shape index (κ3) is 8.36. The summed E-state index contributed by atoms with van der Waals surface area (Å²) in [6.45, 7) is 6.04. The topological polar surface area (TPSA) is 118 Å². The van der Waals surface area contributed by atoms with E-state index in [0.29, 0.717) is 61.6 Å². The monoisotopic (exact) mass is 668 g/mol. The Morgan fingerprint density at radius 1 is 1.04 bits per heavy atom. The fourth-order valence-corrected chi connectivity index (χ4v) is 5.74. The molecule has 1 amide bonds. The summed E-state index contributed by atoms with van der Waals surface area (Å²) in [5.74, 6) is 2.55. The first-order valence-electron chi connectivity index (χ1n) is 15.9. The van der Waals surface area contributed by atoms with Gasteiger partial charge in [-0.15, -0.1) is 0 Å². The molecule has 10 nitrogen and oxygen atoms in total. The number of epoxide rings is 1. The molecule has 1 aromatic heterocycles. The van der Waals surface area contributed by atoms with Crippen molar-refractivity contribution in [2.24, 2.45) is 0 Å². The Kier molecular flexibility index (Phi) is 10.6. The molecule has 2 aliphatic heterocycles. The first-order chi connectivity index (χ1) is 23.4. The van der Waals surface area contributed by atoms with Gasteiger partial charge in [0.1, 0.15) is 44.0 Å². The van der Waals surface area contributed by atoms with Gasteiger partial charge in [-0.1, -0.05) is 35.9 Å². The number of rotatable bonds is 14. The molecule has 0 bridgehead atoms. The molecule has 0 spiro atoms. The maximum Gasteiger partial charge on any atom is 0.251 e. The standard InChI is InChI=1S/C37H37ClN4O6/c1-24-28(5-3-6-30(24)27-7-8-32-35(15-27)45-12-11-44-32)22-47-34-16-33(46-21-26-13-25(17-39)18-40-19-26)29(14-31(34)38)20-42(2)10-4-9-41-37(43)36-23-48-36/h3,5-8,13-16,18-19,36H,4,9-12,20-23H2,1-2H3,(H,41,43). The Balaban J connectivity index is 1.17. The Hall–Kier alpha value is -4.82. The predicted octanol–water partition coefficient (Wildman–Crippen LogP) is 5.85. The van der Waals surface area contributed by atoms with Crippen LogP contribution in [0, 0.1) is 18.3 Å². The molecule has 48 heavy (non-hydrogen) atoms. The first-order valence-corrected chi connectivity index (χ1v) is 16.2. The van der Waals surface area contributed by atoms with Gasteiger partial charge in [-0.05, 0) is 73.5 Å². The molecule has 11 heteroatoms. The number of hydrogen-bond donors (Lipinski definition) is 1. The maximum atomic E-state index is 11.9. The van der Waals surface area contributed by atoms with Crippen LogP contribution in [0.2, 0.25) is 5.02 Å². The molecule has 0 radical (unpaired) electrons. The second-order valence-corrected chi connectivity index (χ2v) is 12.2. The van der Waals surface area contributed by atoms with Gasteiger partial charge in [0.15, 0.2) is 17.6 Å². The van der Waals surface area contributed by atoms with Crippen LogP contribution in [-0.2, 0) is 29.3 Å². The highest BCUT2D eigenvalue weighted by molar-refractivity contribution is 6.32. The second kappa shape index (κ2) is 15.4. The van der Waals surface area contributed by atoms with Crippen LogP contribution >= 0.6 is 11.6 Å². The third-order valence-corrected chi connectivity index (χ3v) is 8.49. The number of carbonyl (C=O) groups excluding carboxylic acids is 1. The third-order valence-electron chi connectivity index (χ3n) is 8.20. The van der Waals surface area contributed by atoms with Crippen LogP contribution in [0.3, 0.4) is 0 Å². The van der Waals surface area contributed by atoms with Crippen molar-refractivity contribution in [3.63, 3.8) is 0 Å². The molecule has 3 heterocycles. The number of hydrogen-bond acceptors (Lipinski definition) is 9. The predicted molar refractivity (Wildman–Crippen MR) is 180 cm³/mol. The van der Waals surface area contributed by atoms with E-state index in [1.54, 1.807) is 12.3 Å². The van der Waals surface area contributed by atoms with Crippen molar-refractivity contribution in [3.8, 4) is 40.2 Å². The fraction of sp³-hybridized carbons (Fsp3) is 0.324. The molecule has 2 aliphatic rings. The van der Waals surface area contributed by atoms with Crippen molar-refractivity contribution in [3.05, 3.63) is 99.8 Å². The minimum atomic E-state index is -0.290. The van der Waals surface area contributed by atoms with Crippen molar-refractivity contribution >= 4 is 17.5 Å². The van der Waals surface area contributed by atoms with E-state index >= 15 is 0 Å². The minimum Gasteiger partial charge on any atom is -0.488 e. The molecule has 248 valence electrons. The second-order valence-electron chi connectivity index (χ2n) is 11.8. The van der Waals surface area contributed by atoms with Crippen molar-refractivity contribution in [1.82, 2.24) is 15.2 Å². The normalized spacial score (nSPS) is 14.7. The van der Waals surface area contributed by atoms with Crippen LogP contribution in [0.4, 0.5) is 0 Å². The number of amides is 1. The number of pyridine rings is 1. The zero-order valence-electron chi connectivity index (χ0n) is 27.0. The van der Waals surface area contributed by atoms with E-state index in [4.69, 9.17) is 35.3 Å². The van der Waals surface area contributed by atoms with Gasteiger partial charge in [-0.25, -0.2) is 0 Å². The highest BCUT2D eigenvalue weighted by Crippen LogP contribution is 2.37. The lowest BCUT2D eigenvalue weighted by atomic mass is 9.96. The zero-order valence-corrected chi connectivity index (χ0v) is 27.7. The number of nitrogens with one attached hydrogen (secondary N) is 1. The van der Waals surface area contributed by atoms with Gasteiger partial charge in [-0.3, -0.25) is 9.78 Å². The van der Waals surface area contributed by atoms with E-state index in [2.05, 4.69) is 34.3 Å². The molecular weight excluding hydrogens is 632 g/mol. The number of nitriles is 1. The average Bonchev–Trinajstić information content (AvgIpc) is 3.96. The number of benzene rings is 3. The number of halogens is 1. The van der Waals surface area contributed by atoms with Gasteiger partial charge in [0, 0.05) is 42.7 Å². The largest absolute Gasteiger partial charge is 0.488 e. The lowest BCUT2D eigenvalue weighted by Crippen LogP contribution is -2.31. The summed E-state index contributed by atoms with van der Waals surface area (Å²) in [5, 5.41) is 12.7. The molecule has 1 saturated heterocycles. The van der Waals surface area contributed by atoms with E-state index in [1.165, 1.54) is 6.20 Å². The molecule has 0 aliphatic carbocycles. The van der Waals surface area contributed by atoms with Crippen molar-refractivity contribution in [2.75, 3.05) is 40.0 Å². The zero-order chi connectivity index (χ0) is 33.5. The number of fused-ring (bicyclic) bond motifs is 1. The van der Waals surface area contributed by atoms with E-state index in [0.717, 1.165) is 57.8 Å². The first kappa shape index (κ1) is 33.1. The van der Waals surface area contributed by atoms with E-state index in [9.17, 15) is 10.1 Å². The van der Waals surface area contributed by atoms with Gasteiger partial charge in [0.05, 0.1) is 17.2 Å².